The topological polar surface area (TPSA) is 55.0 Å². The monoisotopic (exact) mass is 210 g/mol. The van der Waals surface area contributed by atoms with Crippen molar-refractivity contribution in [2.24, 2.45) is 0 Å². The Kier molecular flexibility index (Phi) is 4.49. The van der Waals surface area contributed by atoms with E-state index >= 15 is 0 Å². The minimum atomic E-state index is -0.0192. The number of hydrogen-bond acceptors (Lipinski definition) is 3. The molecule has 1 aromatic rings. The van der Waals surface area contributed by atoms with Gasteiger partial charge in [-0.05, 0) is 19.8 Å². The van der Waals surface area contributed by atoms with Crippen molar-refractivity contribution >= 4 is 0 Å². The van der Waals surface area contributed by atoms with E-state index in [-0.39, 0.29) is 5.56 Å². The van der Waals surface area contributed by atoms with Gasteiger partial charge in [-0.1, -0.05) is 6.92 Å². The molecule has 0 unspecified atom stereocenters. The molecule has 1 N–H and O–H groups in total. The van der Waals surface area contributed by atoms with Gasteiger partial charge in [0, 0.05) is 25.7 Å². The summed E-state index contributed by atoms with van der Waals surface area (Å²) in [7, 11) is 1.67. The predicted octanol–water partition coefficient (Wildman–Crippen LogP) is 1.22. The zero-order chi connectivity index (χ0) is 11.3. The van der Waals surface area contributed by atoms with Gasteiger partial charge in [-0.15, -0.1) is 0 Å². The maximum Gasteiger partial charge on any atom is 0.254 e. The highest BCUT2D eigenvalue weighted by molar-refractivity contribution is 5.15. The van der Waals surface area contributed by atoms with E-state index in [0.29, 0.717) is 6.61 Å². The molecule has 0 radical (unpaired) electrons. The molecule has 15 heavy (non-hydrogen) atoms. The third-order valence-electron chi connectivity index (χ3n) is 2.40. The third kappa shape index (κ3) is 3.16. The van der Waals surface area contributed by atoms with Crippen LogP contribution in [0.25, 0.3) is 0 Å². The Bertz CT molecular complexity index is 371. The van der Waals surface area contributed by atoms with Crippen molar-refractivity contribution < 1.29 is 4.74 Å². The van der Waals surface area contributed by atoms with Crippen molar-refractivity contribution in [3.8, 4) is 0 Å². The van der Waals surface area contributed by atoms with Gasteiger partial charge in [0.05, 0.1) is 5.69 Å². The molecule has 0 aliphatic carbocycles. The summed E-state index contributed by atoms with van der Waals surface area (Å²) in [6, 6.07) is 0. The molecule has 0 atom stereocenters. The number of H-pyrrole nitrogens is 1. The average molecular weight is 210 g/mol. The van der Waals surface area contributed by atoms with E-state index in [1.807, 2.05) is 13.8 Å². The molecule has 1 heterocycles. The van der Waals surface area contributed by atoms with Crippen molar-refractivity contribution in [1.82, 2.24) is 9.97 Å². The second-order valence-electron chi connectivity index (χ2n) is 3.53. The molecule has 4 nitrogen and oxygen atoms in total. The number of nitrogens with one attached hydrogen (secondary N) is 1. The second kappa shape index (κ2) is 5.66. The standard InChI is InChI=1S/C11H18N2O2/c1-4-9-8(2)11(14)13-10(12-9)6-5-7-15-3/h4-7H2,1-3H3,(H,12,13,14). The lowest BCUT2D eigenvalue weighted by Crippen LogP contribution is -2.17. The van der Waals surface area contributed by atoms with Crippen molar-refractivity contribution in [1.29, 1.82) is 0 Å². The molecule has 84 valence electrons. The number of ether oxygens (including phenoxy) is 1. The summed E-state index contributed by atoms with van der Waals surface area (Å²) in [5, 5.41) is 0. The van der Waals surface area contributed by atoms with Gasteiger partial charge in [0.15, 0.2) is 0 Å². The fourth-order valence-electron chi connectivity index (χ4n) is 1.48. The first-order chi connectivity index (χ1) is 7.19. The Morgan fingerprint density at radius 3 is 2.80 bits per heavy atom. The molecule has 0 fully saturated rings. The van der Waals surface area contributed by atoms with Crippen LogP contribution in [-0.4, -0.2) is 23.7 Å². The summed E-state index contributed by atoms with van der Waals surface area (Å²) < 4.78 is 4.95. The third-order valence-corrected chi connectivity index (χ3v) is 2.40. The number of methoxy groups -OCH3 is 1. The largest absolute Gasteiger partial charge is 0.385 e. The Labute approximate surface area is 89.7 Å². The van der Waals surface area contributed by atoms with E-state index in [2.05, 4.69) is 9.97 Å². The van der Waals surface area contributed by atoms with Crippen LogP contribution in [0.5, 0.6) is 0 Å². The van der Waals surface area contributed by atoms with Gasteiger partial charge < -0.3 is 9.72 Å². The highest BCUT2D eigenvalue weighted by atomic mass is 16.5. The van der Waals surface area contributed by atoms with Crippen LogP contribution in [0.15, 0.2) is 4.79 Å². The smallest absolute Gasteiger partial charge is 0.254 e. The lowest BCUT2D eigenvalue weighted by atomic mass is 10.2. The fraction of sp³-hybridized carbons (Fsp3) is 0.636. The predicted molar refractivity (Wildman–Crippen MR) is 59.2 cm³/mol. The van der Waals surface area contributed by atoms with Crippen LogP contribution in [0.2, 0.25) is 0 Å². The lowest BCUT2D eigenvalue weighted by molar-refractivity contribution is 0.194. The van der Waals surface area contributed by atoms with Crippen molar-refractivity contribution in [2.45, 2.75) is 33.1 Å². The Hall–Kier alpha value is -1.16. The fourth-order valence-corrected chi connectivity index (χ4v) is 1.48. The highest BCUT2D eigenvalue weighted by Gasteiger charge is 2.05. The van der Waals surface area contributed by atoms with Gasteiger partial charge in [0.1, 0.15) is 5.82 Å². The van der Waals surface area contributed by atoms with Gasteiger partial charge in [0.2, 0.25) is 0 Å². The summed E-state index contributed by atoms with van der Waals surface area (Å²) in [5.41, 5.74) is 1.61. The van der Waals surface area contributed by atoms with Crippen LogP contribution in [0.1, 0.15) is 30.4 Å². The first-order valence-corrected chi connectivity index (χ1v) is 5.26. The molecule has 0 bridgehead atoms. The van der Waals surface area contributed by atoms with Gasteiger partial charge in [-0.3, -0.25) is 4.79 Å². The van der Waals surface area contributed by atoms with Crippen molar-refractivity contribution in [3.05, 3.63) is 27.4 Å². The number of aromatic amines is 1. The van der Waals surface area contributed by atoms with Gasteiger partial charge in [0.25, 0.3) is 5.56 Å². The number of aromatic nitrogens is 2. The van der Waals surface area contributed by atoms with Crippen molar-refractivity contribution in [3.63, 3.8) is 0 Å². The lowest BCUT2D eigenvalue weighted by Gasteiger charge is -2.05. The van der Waals surface area contributed by atoms with Gasteiger partial charge >= 0.3 is 0 Å². The van der Waals surface area contributed by atoms with E-state index in [0.717, 1.165) is 36.3 Å². The summed E-state index contributed by atoms with van der Waals surface area (Å²) in [4.78, 5) is 18.7. The summed E-state index contributed by atoms with van der Waals surface area (Å²) in [6.45, 7) is 4.51. The van der Waals surface area contributed by atoms with Crippen LogP contribution >= 0.6 is 0 Å². The number of nitrogens with zero attached hydrogens (tertiary/aromatic N) is 1. The van der Waals surface area contributed by atoms with Crippen LogP contribution < -0.4 is 5.56 Å². The van der Waals surface area contributed by atoms with Crippen LogP contribution in [0, 0.1) is 6.92 Å². The highest BCUT2D eigenvalue weighted by Crippen LogP contribution is 2.02. The zero-order valence-corrected chi connectivity index (χ0v) is 9.59. The van der Waals surface area contributed by atoms with E-state index in [1.165, 1.54) is 0 Å². The minimum Gasteiger partial charge on any atom is -0.385 e. The quantitative estimate of drug-likeness (QED) is 0.743. The van der Waals surface area contributed by atoms with Crippen LogP contribution in [-0.2, 0) is 17.6 Å². The van der Waals surface area contributed by atoms with Gasteiger partial charge in [-0.25, -0.2) is 4.98 Å². The minimum absolute atomic E-state index is 0.0192. The van der Waals surface area contributed by atoms with Crippen LogP contribution in [0.3, 0.4) is 0 Å². The molecule has 0 aliphatic heterocycles. The van der Waals surface area contributed by atoms with Crippen LogP contribution in [0.4, 0.5) is 0 Å². The van der Waals surface area contributed by atoms with E-state index < -0.39 is 0 Å². The molecule has 0 amide bonds. The molecular formula is C11H18N2O2. The number of aryl methyl sites for hydroxylation is 2. The summed E-state index contributed by atoms with van der Waals surface area (Å²) in [5.74, 6) is 0.763. The molecular weight excluding hydrogens is 192 g/mol. The molecule has 0 spiro atoms. The molecule has 0 aliphatic rings. The molecule has 0 saturated heterocycles. The van der Waals surface area contributed by atoms with Gasteiger partial charge in [-0.2, -0.15) is 0 Å². The molecule has 0 aromatic carbocycles. The molecule has 4 heteroatoms. The summed E-state index contributed by atoms with van der Waals surface area (Å²) in [6.07, 6.45) is 2.44. The Balaban J connectivity index is 2.82. The zero-order valence-electron chi connectivity index (χ0n) is 9.59. The average Bonchev–Trinajstić information content (AvgIpc) is 2.23. The summed E-state index contributed by atoms with van der Waals surface area (Å²) >= 11 is 0. The Morgan fingerprint density at radius 1 is 1.47 bits per heavy atom. The van der Waals surface area contributed by atoms with E-state index in [4.69, 9.17) is 4.74 Å². The van der Waals surface area contributed by atoms with Crippen molar-refractivity contribution in [2.75, 3.05) is 13.7 Å². The maximum absolute atomic E-state index is 11.5. The second-order valence-corrected chi connectivity index (χ2v) is 3.53. The SMILES string of the molecule is CCc1nc(CCCOC)[nH]c(=O)c1C. The van der Waals surface area contributed by atoms with E-state index in [9.17, 15) is 4.79 Å². The maximum atomic E-state index is 11.5. The number of rotatable bonds is 5. The first kappa shape index (κ1) is 11.9. The molecule has 1 aromatic heterocycles. The molecule has 0 saturated carbocycles. The number of hydrogen-bond donors (Lipinski definition) is 1. The normalized spacial score (nSPS) is 10.6. The van der Waals surface area contributed by atoms with E-state index in [1.54, 1.807) is 7.11 Å². The molecule has 1 rings (SSSR count). The first-order valence-electron chi connectivity index (χ1n) is 5.26. The Morgan fingerprint density at radius 2 is 2.20 bits per heavy atom.